The predicted octanol–water partition coefficient (Wildman–Crippen LogP) is 0.563. The van der Waals surface area contributed by atoms with Crippen molar-refractivity contribution in [3.8, 4) is 0 Å². The van der Waals surface area contributed by atoms with E-state index >= 15 is 0 Å². The van der Waals surface area contributed by atoms with Gasteiger partial charge in [-0.2, -0.15) is 0 Å². The summed E-state index contributed by atoms with van der Waals surface area (Å²) in [6.45, 7) is 6.69. The number of rotatable bonds is 6. The SMILES string of the molecule is CC(C)CNC(=O)NC(=O)CN1CCCC(CCO)C1. The molecule has 3 amide bonds. The highest BCUT2D eigenvalue weighted by Gasteiger charge is 2.21. The van der Waals surface area contributed by atoms with E-state index in [0.717, 1.165) is 32.4 Å². The van der Waals surface area contributed by atoms with E-state index in [1.807, 2.05) is 13.8 Å². The Morgan fingerprint density at radius 1 is 1.40 bits per heavy atom. The van der Waals surface area contributed by atoms with Crippen LogP contribution in [0.15, 0.2) is 0 Å². The van der Waals surface area contributed by atoms with Gasteiger partial charge >= 0.3 is 6.03 Å². The van der Waals surface area contributed by atoms with Gasteiger partial charge < -0.3 is 10.4 Å². The van der Waals surface area contributed by atoms with Crippen molar-refractivity contribution in [2.24, 2.45) is 11.8 Å². The van der Waals surface area contributed by atoms with Crippen LogP contribution in [0.1, 0.15) is 33.1 Å². The van der Waals surface area contributed by atoms with Crippen molar-refractivity contribution in [1.82, 2.24) is 15.5 Å². The molecule has 20 heavy (non-hydrogen) atoms. The molecule has 0 aliphatic carbocycles. The third-order valence-corrected chi connectivity index (χ3v) is 3.43. The first kappa shape index (κ1) is 16.9. The lowest BCUT2D eigenvalue weighted by atomic mass is 9.95. The Bertz CT molecular complexity index is 319. The van der Waals surface area contributed by atoms with Crippen molar-refractivity contribution < 1.29 is 14.7 Å². The van der Waals surface area contributed by atoms with Gasteiger partial charge in [-0.05, 0) is 37.6 Å². The van der Waals surface area contributed by atoms with Crippen LogP contribution in [-0.4, -0.2) is 54.7 Å². The molecule has 1 rings (SSSR count). The van der Waals surface area contributed by atoms with E-state index in [9.17, 15) is 9.59 Å². The lowest BCUT2D eigenvalue weighted by Gasteiger charge is -2.31. The Morgan fingerprint density at radius 3 is 2.80 bits per heavy atom. The van der Waals surface area contributed by atoms with Crippen molar-refractivity contribution in [2.75, 3.05) is 32.8 Å². The molecule has 0 aromatic carbocycles. The summed E-state index contributed by atoms with van der Waals surface area (Å²) in [6, 6.07) is -0.424. The van der Waals surface area contributed by atoms with Gasteiger partial charge in [0.25, 0.3) is 0 Å². The maximum Gasteiger partial charge on any atom is 0.321 e. The zero-order valence-corrected chi connectivity index (χ0v) is 12.5. The van der Waals surface area contributed by atoms with Gasteiger partial charge in [0.15, 0.2) is 0 Å². The van der Waals surface area contributed by atoms with E-state index in [2.05, 4.69) is 15.5 Å². The van der Waals surface area contributed by atoms with E-state index < -0.39 is 6.03 Å². The first-order valence-electron chi connectivity index (χ1n) is 7.42. The maximum absolute atomic E-state index is 11.8. The summed E-state index contributed by atoms with van der Waals surface area (Å²) in [4.78, 5) is 25.3. The number of hydrogen-bond donors (Lipinski definition) is 3. The number of amides is 3. The predicted molar refractivity (Wildman–Crippen MR) is 77.2 cm³/mol. The highest BCUT2D eigenvalue weighted by atomic mass is 16.3. The van der Waals surface area contributed by atoms with Crippen LogP contribution >= 0.6 is 0 Å². The van der Waals surface area contributed by atoms with Crippen molar-refractivity contribution >= 4 is 11.9 Å². The second kappa shape index (κ2) is 8.92. The number of nitrogens with one attached hydrogen (secondary N) is 2. The van der Waals surface area contributed by atoms with Crippen molar-refractivity contribution in [3.05, 3.63) is 0 Å². The quantitative estimate of drug-likeness (QED) is 0.666. The minimum atomic E-state index is -0.424. The molecule has 116 valence electrons. The summed E-state index contributed by atoms with van der Waals surface area (Å²) in [5, 5.41) is 14.0. The molecule has 3 N–H and O–H groups in total. The number of likely N-dealkylation sites (tertiary alicyclic amines) is 1. The maximum atomic E-state index is 11.8. The minimum Gasteiger partial charge on any atom is -0.396 e. The molecule has 0 bridgehead atoms. The molecule has 1 heterocycles. The molecule has 1 atom stereocenters. The Labute approximate surface area is 120 Å². The van der Waals surface area contributed by atoms with Crippen molar-refractivity contribution in [3.63, 3.8) is 0 Å². The van der Waals surface area contributed by atoms with Crippen LogP contribution in [0.3, 0.4) is 0 Å². The second-order valence-corrected chi connectivity index (χ2v) is 5.91. The molecule has 0 aromatic heterocycles. The third kappa shape index (κ3) is 6.86. The van der Waals surface area contributed by atoms with Gasteiger partial charge in [0, 0.05) is 19.7 Å². The van der Waals surface area contributed by atoms with E-state index in [4.69, 9.17) is 5.11 Å². The van der Waals surface area contributed by atoms with Gasteiger partial charge in [-0.1, -0.05) is 13.8 Å². The van der Waals surface area contributed by atoms with Gasteiger partial charge in [-0.25, -0.2) is 4.79 Å². The van der Waals surface area contributed by atoms with Gasteiger partial charge in [0.1, 0.15) is 0 Å². The number of aliphatic hydroxyl groups excluding tert-OH is 1. The summed E-state index contributed by atoms with van der Waals surface area (Å²) >= 11 is 0. The zero-order chi connectivity index (χ0) is 15.0. The molecular weight excluding hydrogens is 258 g/mol. The van der Waals surface area contributed by atoms with E-state index in [0.29, 0.717) is 18.4 Å². The monoisotopic (exact) mass is 285 g/mol. The summed E-state index contributed by atoms with van der Waals surface area (Å²) < 4.78 is 0. The Balaban J connectivity index is 2.25. The Hall–Kier alpha value is -1.14. The number of imide groups is 1. The lowest BCUT2D eigenvalue weighted by Crippen LogP contribution is -2.47. The van der Waals surface area contributed by atoms with Gasteiger partial charge in [-0.3, -0.25) is 15.0 Å². The number of nitrogens with zero attached hydrogens (tertiary/aromatic N) is 1. The molecule has 6 nitrogen and oxygen atoms in total. The number of hydrogen-bond acceptors (Lipinski definition) is 4. The van der Waals surface area contributed by atoms with E-state index in [1.165, 1.54) is 0 Å². The molecule has 6 heteroatoms. The summed E-state index contributed by atoms with van der Waals surface area (Å²) in [5.41, 5.74) is 0. The lowest BCUT2D eigenvalue weighted by molar-refractivity contribution is -0.121. The number of urea groups is 1. The fourth-order valence-electron chi connectivity index (χ4n) is 2.42. The molecule has 1 fully saturated rings. The first-order valence-corrected chi connectivity index (χ1v) is 7.42. The molecule has 1 aliphatic rings. The highest BCUT2D eigenvalue weighted by Crippen LogP contribution is 2.18. The van der Waals surface area contributed by atoms with Crippen LogP contribution in [-0.2, 0) is 4.79 Å². The van der Waals surface area contributed by atoms with Crippen LogP contribution in [0, 0.1) is 11.8 Å². The summed E-state index contributed by atoms with van der Waals surface area (Å²) in [6.07, 6.45) is 2.93. The average molecular weight is 285 g/mol. The van der Waals surface area contributed by atoms with Crippen LogP contribution in [0.5, 0.6) is 0 Å². The van der Waals surface area contributed by atoms with Crippen LogP contribution in [0.25, 0.3) is 0 Å². The van der Waals surface area contributed by atoms with E-state index in [1.54, 1.807) is 0 Å². The summed E-state index contributed by atoms with van der Waals surface area (Å²) in [5.74, 6) is 0.546. The van der Waals surface area contributed by atoms with E-state index in [-0.39, 0.29) is 19.1 Å². The molecule has 1 aliphatic heterocycles. The Morgan fingerprint density at radius 2 is 2.15 bits per heavy atom. The van der Waals surface area contributed by atoms with Crippen molar-refractivity contribution in [1.29, 1.82) is 0 Å². The van der Waals surface area contributed by atoms with Gasteiger partial charge in [-0.15, -0.1) is 0 Å². The third-order valence-electron chi connectivity index (χ3n) is 3.43. The van der Waals surface area contributed by atoms with Gasteiger partial charge in [0.05, 0.1) is 6.54 Å². The van der Waals surface area contributed by atoms with Crippen LogP contribution < -0.4 is 10.6 Å². The molecule has 1 unspecified atom stereocenters. The minimum absolute atomic E-state index is 0.197. The standard InChI is InChI=1S/C14H27N3O3/c1-11(2)8-15-14(20)16-13(19)10-17-6-3-4-12(9-17)5-7-18/h11-12,18H,3-10H2,1-2H3,(H2,15,16,19,20). The Kier molecular flexibility index (Phi) is 7.54. The number of carbonyl (C=O) groups excluding carboxylic acids is 2. The fraction of sp³-hybridized carbons (Fsp3) is 0.857. The smallest absolute Gasteiger partial charge is 0.321 e. The van der Waals surface area contributed by atoms with Crippen LogP contribution in [0.4, 0.5) is 4.79 Å². The highest BCUT2D eigenvalue weighted by molar-refractivity contribution is 5.95. The largest absolute Gasteiger partial charge is 0.396 e. The number of aliphatic hydroxyl groups is 1. The fourth-order valence-corrected chi connectivity index (χ4v) is 2.42. The molecule has 0 radical (unpaired) electrons. The molecular formula is C14H27N3O3. The van der Waals surface area contributed by atoms with Crippen LogP contribution in [0.2, 0.25) is 0 Å². The van der Waals surface area contributed by atoms with Crippen molar-refractivity contribution in [2.45, 2.75) is 33.1 Å². The molecule has 0 spiro atoms. The average Bonchev–Trinajstić information content (AvgIpc) is 2.37. The first-order chi connectivity index (χ1) is 9.51. The topological polar surface area (TPSA) is 81.7 Å². The second-order valence-electron chi connectivity index (χ2n) is 5.91. The number of carbonyl (C=O) groups is 2. The zero-order valence-electron chi connectivity index (χ0n) is 12.5. The van der Waals surface area contributed by atoms with Gasteiger partial charge in [0.2, 0.25) is 5.91 Å². The molecule has 0 saturated carbocycles. The number of piperidine rings is 1. The molecule has 0 aromatic rings. The molecule has 1 saturated heterocycles. The summed E-state index contributed by atoms with van der Waals surface area (Å²) in [7, 11) is 0. The normalized spacial score (nSPS) is 19.9.